The van der Waals surface area contributed by atoms with E-state index in [4.69, 9.17) is 4.74 Å². The van der Waals surface area contributed by atoms with E-state index in [9.17, 15) is 8.78 Å². The van der Waals surface area contributed by atoms with Crippen LogP contribution in [0.2, 0.25) is 0 Å². The fourth-order valence-corrected chi connectivity index (χ4v) is 2.10. The number of hydrogen-bond donors (Lipinski definition) is 1. The molecule has 0 fully saturated rings. The maximum Gasteiger partial charge on any atom is 0.165 e. The van der Waals surface area contributed by atoms with Crippen LogP contribution in [-0.4, -0.2) is 7.11 Å². The molecule has 20 heavy (non-hydrogen) atoms. The number of rotatable bonds is 4. The minimum absolute atomic E-state index is 0.142. The molecule has 0 saturated carbocycles. The Balaban J connectivity index is 2.19. The summed E-state index contributed by atoms with van der Waals surface area (Å²) in [6.45, 7) is 3.72. The Labute approximate surface area is 117 Å². The van der Waals surface area contributed by atoms with Crippen molar-refractivity contribution in [1.29, 1.82) is 0 Å². The van der Waals surface area contributed by atoms with E-state index in [0.29, 0.717) is 5.69 Å². The fraction of sp³-hybridized carbons (Fsp3) is 0.250. The van der Waals surface area contributed by atoms with Gasteiger partial charge in [0.25, 0.3) is 0 Å². The van der Waals surface area contributed by atoms with Gasteiger partial charge in [0, 0.05) is 11.7 Å². The predicted octanol–water partition coefficient (Wildman–Crippen LogP) is 4.45. The molecule has 2 aromatic rings. The molecule has 106 valence electrons. The molecule has 0 radical (unpaired) electrons. The third-order valence-electron chi connectivity index (χ3n) is 3.10. The number of hydrogen-bond acceptors (Lipinski definition) is 2. The van der Waals surface area contributed by atoms with Crippen molar-refractivity contribution in [3.05, 3.63) is 59.2 Å². The summed E-state index contributed by atoms with van der Waals surface area (Å²) in [6, 6.07) is 9.37. The summed E-state index contributed by atoms with van der Waals surface area (Å²) >= 11 is 0. The van der Waals surface area contributed by atoms with Gasteiger partial charge in [-0.25, -0.2) is 8.78 Å². The lowest BCUT2D eigenvalue weighted by Gasteiger charge is -2.17. The largest absolute Gasteiger partial charge is 0.494 e. The van der Waals surface area contributed by atoms with E-state index in [1.165, 1.54) is 25.3 Å². The molecule has 4 heteroatoms. The molecular formula is C16H17F2NO. The molecule has 0 amide bonds. The van der Waals surface area contributed by atoms with Crippen LogP contribution in [0.4, 0.5) is 14.5 Å². The summed E-state index contributed by atoms with van der Waals surface area (Å²) in [6.07, 6.45) is 0. The summed E-state index contributed by atoms with van der Waals surface area (Å²) in [5.41, 5.74) is 2.28. The number of aryl methyl sites for hydroxylation is 1. The first-order valence-electron chi connectivity index (χ1n) is 6.37. The van der Waals surface area contributed by atoms with E-state index >= 15 is 0 Å². The van der Waals surface area contributed by atoms with Crippen molar-refractivity contribution in [2.45, 2.75) is 19.9 Å². The molecule has 2 nitrogen and oxygen atoms in total. The normalized spacial score (nSPS) is 12.1. The lowest BCUT2D eigenvalue weighted by atomic mass is 10.1. The number of halogens is 2. The summed E-state index contributed by atoms with van der Waals surface area (Å²) in [4.78, 5) is 0. The van der Waals surface area contributed by atoms with Gasteiger partial charge in [0.1, 0.15) is 5.82 Å². The molecule has 1 unspecified atom stereocenters. The third-order valence-corrected chi connectivity index (χ3v) is 3.10. The van der Waals surface area contributed by atoms with E-state index in [1.54, 1.807) is 12.1 Å². The second-order valence-electron chi connectivity index (χ2n) is 4.78. The molecule has 0 aliphatic heterocycles. The SMILES string of the molecule is COc1ccc(C(C)Nc2cc(C)cc(F)c2)cc1F. The van der Waals surface area contributed by atoms with Gasteiger partial charge in [-0.15, -0.1) is 0 Å². The predicted molar refractivity (Wildman–Crippen MR) is 76.1 cm³/mol. The zero-order chi connectivity index (χ0) is 14.7. The van der Waals surface area contributed by atoms with Gasteiger partial charge in [-0.2, -0.15) is 0 Å². The molecule has 0 saturated heterocycles. The van der Waals surface area contributed by atoms with E-state index in [-0.39, 0.29) is 17.6 Å². The van der Waals surface area contributed by atoms with E-state index in [2.05, 4.69) is 5.32 Å². The molecule has 0 heterocycles. The average molecular weight is 277 g/mol. The number of benzene rings is 2. The van der Waals surface area contributed by atoms with Crippen LogP contribution in [-0.2, 0) is 0 Å². The Morgan fingerprint density at radius 3 is 2.45 bits per heavy atom. The molecule has 0 aromatic heterocycles. The zero-order valence-corrected chi connectivity index (χ0v) is 11.7. The van der Waals surface area contributed by atoms with Crippen LogP contribution in [0.5, 0.6) is 5.75 Å². The smallest absolute Gasteiger partial charge is 0.165 e. The van der Waals surface area contributed by atoms with Crippen LogP contribution in [0, 0.1) is 18.6 Å². The molecule has 0 spiro atoms. The highest BCUT2D eigenvalue weighted by Gasteiger charge is 2.10. The first-order chi connectivity index (χ1) is 9.49. The summed E-state index contributed by atoms with van der Waals surface area (Å²) in [7, 11) is 1.43. The first-order valence-corrected chi connectivity index (χ1v) is 6.37. The number of nitrogens with one attached hydrogen (secondary N) is 1. The Kier molecular flexibility index (Phi) is 4.23. The van der Waals surface area contributed by atoms with E-state index in [0.717, 1.165) is 11.1 Å². The summed E-state index contributed by atoms with van der Waals surface area (Å²) in [5, 5.41) is 3.16. The standard InChI is InChI=1S/C16H17F2NO/c1-10-6-13(17)9-14(7-10)19-11(2)12-4-5-16(20-3)15(18)8-12/h4-9,11,19H,1-3H3. The molecule has 0 bridgehead atoms. The molecule has 1 atom stereocenters. The van der Waals surface area contributed by atoms with Crippen LogP contribution >= 0.6 is 0 Å². The topological polar surface area (TPSA) is 21.3 Å². The second-order valence-corrected chi connectivity index (χ2v) is 4.78. The van der Waals surface area contributed by atoms with Crippen molar-refractivity contribution >= 4 is 5.69 Å². The Morgan fingerprint density at radius 2 is 1.85 bits per heavy atom. The maximum absolute atomic E-state index is 13.7. The Morgan fingerprint density at radius 1 is 1.10 bits per heavy atom. The lowest BCUT2D eigenvalue weighted by Crippen LogP contribution is -2.07. The highest BCUT2D eigenvalue weighted by atomic mass is 19.1. The fourth-order valence-electron chi connectivity index (χ4n) is 2.10. The highest BCUT2D eigenvalue weighted by Crippen LogP contribution is 2.25. The van der Waals surface area contributed by atoms with Gasteiger partial charge in [0.2, 0.25) is 0 Å². The molecule has 2 rings (SSSR count). The monoisotopic (exact) mass is 277 g/mol. The number of methoxy groups -OCH3 is 1. The number of ether oxygens (including phenoxy) is 1. The van der Waals surface area contributed by atoms with Gasteiger partial charge in [-0.3, -0.25) is 0 Å². The summed E-state index contributed by atoms with van der Waals surface area (Å²) < 4.78 is 31.9. The van der Waals surface area contributed by atoms with Gasteiger partial charge in [0.15, 0.2) is 11.6 Å². The lowest BCUT2D eigenvalue weighted by molar-refractivity contribution is 0.386. The molecular weight excluding hydrogens is 260 g/mol. The quantitative estimate of drug-likeness (QED) is 0.891. The van der Waals surface area contributed by atoms with Crippen LogP contribution in [0.3, 0.4) is 0 Å². The van der Waals surface area contributed by atoms with Gasteiger partial charge < -0.3 is 10.1 Å². The molecule has 1 N–H and O–H groups in total. The maximum atomic E-state index is 13.7. The Hall–Kier alpha value is -2.10. The van der Waals surface area contributed by atoms with Crippen molar-refractivity contribution in [2.75, 3.05) is 12.4 Å². The van der Waals surface area contributed by atoms with Crippen molar-refractivity contribution in [2.24, 2.45) is 0 Å². The van der Waals surface area contributed by atoms with Crippen LogP contribution in [0.15, 0.2) is 36.4 Å². The van der Waals surface area contributed by atoms with E-state index in [1.807, 2.05) is 19.9 Å². The van der Waals surface area contributed by atoms with Gasteiger partial charge in [0.05, 0.1) is 7.11 Å². The van der Waals surface area contributed by atoms with Crippen LogP contribution in [0.1, 0.15) is 24.1 Å². The molecule has 2 aromatic carbocycles. The van der Waals surface area contributed by atoms with Crippen LogP contribution < -0.4 is 10.1 Å². The zero-order valence-electron chi connectivity index (χ0n) is 11.7. The molecule has 0 aliphatic rings. The number of anilines is 1. The van der Waals surface area contributed by atoms with Crippen molar-refractivity contribution in [3.8, 4) is 5.75 Å². The molecule has 0 aliphatic carbocycles. The minimum Gasteiger partial charge on any atom is -0.494 e. The van der Waals surface area contributed by atoms with Crippen LogP contribution in [0.25, 0.3) is 0 Å². The van der Waals surface area contributed by atoms with Gasteiger partial charge >= 0.3 is 0 Å². The second kappa shape index (κ2) is 5.90. The van der Waals surface area contributed by atoms with Crippen molar-refractivity contribution in [3.63, 3.8) is 0 Å². The van der Waals surface area contributed by atoms with Crippen molar-refractivity contribution < 1.29 is 13.5 Å². The van der Waals surface area contributed by atoms with Crippen molar-refractivity contribution in [1.82, 2.24) is 0 Å². The third kappa shape index (κ3) is 3.26. The first kappa shape index (κ1) is 14.3. The van der Waals surface area contributed by atoms with Gasteiger partial charge in [-0.05, 0) is 55.3 Å². The Bertz CT molecular complexity index is 593. The minimum atomic E-state index is -0.408. The average Bonchev–Trinajstić information content (AvgIpc) is 2.37. The summed E-state index contributed by atoms with van der Waals surface area (Å²) in [5.74, 6) is -0.489. The van der Waals surface area contributed by atoms with E-state index < -0.39 is 5.82 Å². The van der Waals surface area contributed by atoms with Gasteiger partial charge in [-0.1, -0.05) is 6.07 Å². The highest BCUT2D eigenvalue weighted by molar-refractivity contribution is 5.48.